The van der Waals surface area contributed by atoms with E-state index in [4.69, 9.17) is 19.4 Å². The zero-order valence-electron chi connectivity index (χ0n) is 28.0. The summed E-state index contributed by atoms with van der Waals surface area (Å²) in [6.07, 6.45) is 9.16. The van der Waals surface area contributed by atoms with E-state index in [1.165, 1.54) is 32.1 Å². The number of hydrogen-bond donors (Lipinski definition) is 2. The molecule has 3 aromatic rings. The normalized spacial score (nSPS) is 22.1. The average Bonchev–Trinajstić information content (AvgIpc) is 3.50. The molecule has 2 saturated heterocycles. The molecular formula is C34H48N10O3. The Hall–Kier alpha value is -3.81. The molecule has 3 fully saturated rings. The van der Waals surface area contributed by atoms with Crippen molar-refractivity contribution in [3.63, 3.8) is 0 Å². The lowest BCUT2D eigenvalue weighted by Crippen LogP contribution is -2.52. The minimum absolute atomic E-state index is 0.0118. The molecule has 0 spiro atoms. The van der Waals surface area contributed by atoms with Gasteiger partial charge in [0.2, 0.25) is 5.95 Å². The highest BCUT2D eigenvalue weighted by molar-refractivity contribution is 5.95. The summed E-state index contributed by atoms with van der Waals surface area (Å²) in [5, 5.41) is 15.8. The van der Waals surface area contributed by atoms with Gasteiger partial charge in [-0.1, -0.05) is 26.2 Å². The van der Waals surface area contributed by atoms with E-state index >= 15 is 0 Å². The number of fused-ring (bicyclic) bond motifs is 3. The SMILES string of the molecule is CC[C@@H]1c2nnc(C)n2-c2cnc(Nc3ccc(C(=O)N4CCO[C@@H](CN5CCNCC5)C4)cc3OC)nc2N1CC1CCCCC1. The Bertz CT molecular complexity index is 1550. The number of benzene rings is 1. The summed E-state index contributed by atoms with van der Waals surface area (Å²) < 4.78 is 13.9. The van der Waals surface area contributed by atoms with Gasteiger partial charge in [0.1, 0.15) is 17.3 Å². The van der Waals surface area contributed by atoms with Gasteiger partial charge >= 0.3 is 0 Å². The van der Waals surface area contributed by atoms with Crippen molar-refractivity contribution < 1.29 is 14.3 Å². The summed E-state index contributed by atoms with van der Waals surface area (Å²) >= 11 is 0. The number of methoxy groups -OCH3 is 1. The Kier molecular flexibility index (Phi) is 9.55. The van der Waals surface area contributed by atoms with E-state index in [-0.39, 0.29) is 18.1 Å². The fourth-order valence-electron chi connectivity index (χ4n) is 7.67. The predicted molar refractivity (Wildman–Crippen MR) is 180 cm³/mol. The molecular weight excluding hydrogens is 596 g/mol. The van der Waals surface area contributed by atoms with Crippen LogP contribution in [0.1, 0.15) is 73.5 Å². The van der Waals surface area contributed by atoms with Crippen LogP contribution < -0.4 is 20.3 Å². The van der Waals surface area contributed by atoms with Crippen molar-refractivity contribution in [1.29, 1.82) is 0 Å². The van der Waals surface area contributed by atoms with Crippen LogP contribution in [0.4, 0.5) is 17.5 Å². The number of carbonyl (C=O) groups is 1. The Balaban J connectivity index is 1.11. The van der Waals surface area contributed by atoms with E-state index in [0.717, 1.165) is 68.8 Å². The summed E-state index contributed by atoms with van der Waals surface area (Å²) in [6, 6.07) is 5.62. The highest BCUT2D eigenvalue weighted by Crippen LogP contribution is 2.41. The predicted octanol–water partition coefficient (Wildman–Crippen LogP) is 3.72. The second-order valence-electron chi connectivity index (χ2n) is 13.3. The van der Waals surface area contributed by atoms with Crippen molar-refractivity contribution in [2.75, 3.05) is 76.3 Å². The molecule has 7 rings (SSSR count). The smallest absolute Gasteiger partial charge is 0.254 e. The molecule has 1 aliphatic carbocycles. The van der Waals surface area contributed by atoms with Crippen LogP contribution in [0.2, 0.25) is 0 Å². The lowest BCUT2D eigenvalue weighted by Gasteiger charge is -2.39. The van der Waals surface area contributed by atoms with Gasteiger partial charge in [-0.2, -0.15) is 4.98 Å². The average molecular weight is 645 g/mol. The van der Waals surface area contributed by atoms with Gasteiger partial charge in [0.25, 0.3) is 5.91 Å². The molecule has 2 aromatic heterocycles. The van der Waals surface area contributed by atoms with Crippen molar-refractivity contribution >= 4 is 23.4 Å². The molecule has 13 heteroatoms. The number of hydrogen-bond acceptors (Lipinski definition) is 11. The number of aryl methyl sites for hydroxylation is 1. The molecule has 3 aliphatic heterocycles. The third-order valence-corrected chi connectivity index (χ3v) is 10.1. The molecule has 4 aliphatic rings. The van der Waals surface area contributed by atoms with Gasteiger partial charge in [-0.3, -0.25) is 14.3 Å². The van der Waals surface area contributed by atoms with Crippen LogP contribution >= 0.6 is 0 Å². The zero-order valence-corrected chi connectivity index (χ0v) is 28.0. The number of piperazine rings is 1. The van der Waals surface area contributed by atoms with E-state index in [1.807, 2.05) is 30.2 Å². The highest BCUT2D eigenvalue weighted by Gasteiger charge is 2.36. The number of nitrogens with zero attached hydrogens (tertiary/aromatic N) is 8. The van der Waals surface area contributed by atoms with Crippen LogP contribution in [0.25, 0.3) is 5.69 Å². The largest absolute Gasteiger partial charge is 0.495 e. The van der Waals surface area contributed by atoms with Gasteiger partial charge < -0.3 is 29.9 Å². The third kappa shape index (κ3) is 6.66. The molecule has 2 atom stereocenters. The third-order valence-electron chi connectivity index (χ3n) is 10.1. The number of amides is 1. The van der Waals surface area contributed by atoms with Crippen molar-refractivity contribution in [3.05, 3.63) is 41.6 Å². The summed E-state index contributed by atoms with van der Waals surface area (Å²) in [4.78, 5) is 30.2. The fourth-order valence-corrected chi connectivity index (χ4v) is 7.67. The lowest BCUT2D eigenvalue weighted by molar-refractivity contribution is -0.0369. The van der Waals surface area contributed by atoms with Gasteiger partial charge in [0.15, 0.2) is 11.6 Å². The van der Waals surface area contributed by atoms with Crippen LogP contribution in [0.15, 0.2) is 24.4 Å². The van der Waals surface area contributed by atoms with Crippen LogP contribution in [0.3, 0.4) is 0 Å². The summed E-state index contributed by atoms with van der Waals surface area (Å²) in [7, 11) is 1.62. The van der Waals surface area contributed by atoms with Crippen molar-refractivity contribution in [2.24, 2.45) is 5.92 Å². The standard InChI is InChI=1S/C34H48N10O3/c1-4-28-32-40-39-23(2)44(32)29-19-36-34(38-31(29)43(28)20-24-8-6-5-7-9-24)37-27-11-10-25(18-30(27)46-3)33(45)42-16-17-47-26(22-42)21-41-14-12-35-13-15-41/h10-11,18-19,24,26,28,35H,4-9,12-17,20-22H2,1-3H3,(H,36,37,38)/t26-,28+/m0/s1. The number of carbonyl (C=O) groups excluding carboxylic acids is 1. The van der Waals surface area contributed by atoms with E-state index < -0.39 is 0 Å². The van der Waals surface area contributed by atoms with Gasteiger partial charge in [-0.05, 0) is 50.3 Å². The van der Waals surface area contributed by atoms with Crippen molar-refractivity contribution in [3.8, 4) is 11.4 Å². The van der Waals surface area contributed by atoms with E-state index in [1.54, 1.807) is 13.2 Å². The molecule has 47 heavy (non-hydrogen) atoms. The molecule has 2 N–H and O–H groups in total. The van der Waals surface area contributed by atoms with Crippen LogP contribution in [0, 0.1) is 12.8 Å². The van der Waals surface area contributed by atoms with Crippen LogP contribution in [0.5, 0.6) is 5.75 Å². The van der Waals surface area contributed by atoms with Gasteiger partial charge in [0, 0.05) is 57.9 Å². The van der Waals surface area contributed by atoms with E-state index in [0.29, 0.717) is 48.6 Å². The highest BCUT2D eigenvalue weighted by atomic mass is 16.5. The summed E-state index contributed by atoms with van der Waals surface area (Å²) in [6.45, 7) is 11.7. The second-order valence-corrected chi connectivity index (χ2v) is 13.3. The second kappa shape index (κ2) is 14.1. The molecule has 0 bridgehead atoms. The van der Waals surface area contributed by atoms with Gasteiger partial charge in [-0.15, -0.1) is 10.2 Å². The number of aromatic nitrogens is 5. The molecule has 0 unspecified atom stereocenters. The number of nitrogens with one attached hydrogen (secondary N) is 2. The minimum atomic E-state index is -0.0161. The first-order chi connectivity index (χ1) is 23.0. The summed E-state index contributed by atoms with van der Waals surface area (Å²) in [5.74, 6) is 4.32. The number of ether oxygens (including phenoxy) is 2. The molecule has 1 saturated carbocycles. The van der Waals surface area contributed by atoms with Gasteiger partial charge in [-0.25, -0.2) is 4.98 Å². The molecule has 252 valence electrons. The fraction of sp³-hybridized carbons (Fsp3) is 0.618. The first kappa shape index (κ1) is 31.8. The first-order valence-electron chi connectivity index (χ1n) is 17.4. The molecule has 13 nitrogen and oxygen atoms in total. The van der Waals surface area contributed by atoms with Crippen molar-refractivity contribution in [1.82, 2.24) is 39.8 Å². The van der Waals surface area contributed by atoms with Gasteiger partial charge in [0.05, 0.1) is 37.7 Å². The molecule has 1 aromatic carbocycles. The van der Waals surface area contributed by atoms with E-state index in [2.05, 4.69) is 42.1 Å². The molecule has 0 radical (unpaired) electrons. The quantitative estimate of drug-likeness (QED) is 0.354. The first-order valence-corrected chi connectivity index (χ1v) is 17.4. The number of anilines is 3. The minimum Gasteiger partial charge on any atom is -0.495 e. The maximum Gasteiger partial charge on any atom is 0.254 e. The Labute approximate surface area is 277 Å². The summed E-state index contributed by atoms with van der Waals surface area (Å²) in [5.41, 5.74) is 2.19. The van der Waals surface area contributed by atoms with Crippen LogP contribution in [-0.4, -0.2) is 113 Å². The Morgan fingerprint density at radius 2 is 1.94 bits per heavy atom. The maximum absolute atomic E-state index is 13.6. The topological polar surface area (TPSA) is 126 Å². The Morgan fingerprint density at radius 1 is 1.11 bits per heavy atom. The number of rotatable bonds is 9. The molecule has 1 amide bonds. The maximum atomic E-state index is 13.6. The monoisotopic (exact) mass is 644 g/mol. The molecule has 5 heterocycles. The van der Waals surface area contributed by atoms with Crippen molar-refractivity contribution in [2.45, 2.75) is 64.5 Å². The van der Waals surface area contributed by atoms with E-state index in [9.17, 15) is 4.79 Å². The van der Waals surface area contributed by atoms with Crippen LogP contribution in [-0.2, 0) is 4.74 Å². The number of morpholine rings is 1. The lowest BCUT2D eigenvalue weighted by atomic mass is 9.88. The Morgan fingerprint density at radius 3 is 2.72 bits per heavy atom. The zero-order chi connectivity index (χ0) is 32.3.